The number of hydrogen-bond donors (Lipinski definition) is 1. The first-order valence-electron chi connectivity index (χ1n) is 7.83. The Kier molecular flexibility index (Phi) is 4.67. The van der Waals surface area contributed by atoms with E-state index in [9.17, 15) is 0 Å². The molecule has 1 fully saturated rings. The maximum atomic E-state index is 3.78. The van der Waals surface area contributed by atoms with Crippen molar-refractivity contribution in [3.63, 3.8) is 0 Å². The molecule has 1 heteroatoms. The van der Waals surface area contributed by atoms with Crippen molar-refractivity contribution in [2.45, 2.75) is 58.4 Å². The van der Waals surface area contributed by atoms with Crippen LogP contribution in [0.15, 0.2) is 30.3 Å². The second kappa shape index (κ2) is 6.09. The van der Waals surface area contributed by atoms with E-state index in [1.54, 1.807) is 5.56 Å². The molecule has 0 spiro atoms. The average Bonchev–Trinajstić information content (AvgIpc) is 2.73. The second-order valence-electron chi connectivity index (χ2n) is 7.01. The van der Waals surface area contributed by atoms with Gasteiger partial charge in [-0.1, -0.05) is 58.0 Å². The van der Waals surface area contributed by atoms with Crippen molar-refractivity contribution in [2.75, 3.05) is 6.54 Å². The Labute approximate surface area is 118 Å². The van der Waals surface area contributed by atoms with Crippen LogP contribution in [0.1, 0.15) is 52.5 Å². The van der Waals surface area contributed by atoms with Gasteiger partial charge in [-0.25, -0.2) is 0 Å². The molecule has 1 saturated heterocycles. The van der Waals surface area contributed by atoms with E-state index in [0.717, 1.165) is 11.8 Å². The zero-order chi connectivity index (χ0) is 13.9. The summed E-state index contributed by atoms with van der Waals surface area (Å²) in [5, 5.41) is 3.78. The highest BCUT2D eigenvalue weighted by molar-refractivity contribution is 5.30. The molecular formula is C18H29N. The van der Waals surface area contributed by atoms with Gasteiger partial charge in [0.2, 0.25) is 0 Å². The van der Waals surface area contributed by atoms with E-state index in [-0.39, 0.29) is 0 Å². The summed E-state index contributed by atoms with van der Waals surface area (Å²) in [5.41, 5.74) is 1.89. The Bertz CT molecular complexity index is 382. The summed E-state index contributed by atoms with van der Waals surface area (Å²) in [4.78, 5) is 0. The van der Waals surface area contributed by atoms with Crippen molar-refractivity contribution in [3.8, 4) is 0 Å². The molecule has 2 unspecified atom stereocenters. The van der Waals surface area contributed by atoms with Crippen molar-refractivity contribution < 1.29 is 0 Å². The Morgan fingerprint density at radius 3 is 2.37 bits per heavy atom. The van der Waals surface area contributed by atoms with E-state index >= 15 is 0 Å². The predicted molar refractivity (Wildman–Crippen MR) is 83.4 cm³/mol. The van der Waals surface area contributed by atoms with Gasteiger partial charge in [-0.2, -0.15) is 0 Å². The van der Waals surface area contributed by atoms with Crippen molar-refractivity contribution in [3.05, 3.63) is 35.9 Å². The van der Waals surface area contributed by atoms with Crippen LogP contribution in [-0.4, -0.2) is 12.6 Å². The maximum absolute atomic E-state index is 3.78. The minimum atomic E-state index is 0.347. The highest BCUT2D eigenvalue weighted by atomic mass is 15.0. The molecule has 0 amide bonds. The zero-order valence-corrected chi connectivity index (χ0v) is 12.9. The normalized spacial score (nSPS) is 27.4. The third-order valence-corrected chi connectivity index (χ3v) is 4.46. The Hall–Kier alpha value is -0.820. The van der Waals surface area contributed by atoms with Gasteiger partial charge in [0.25, 0.3) is 0 Å². The molecule has 0 aromatic heterocycles. The molecule has 1 N–H and O–H groups in total. The lowest BCUT2D eigenvalue weighted by Gasteiger charge is -2.38. The third-order valence-electron chi connectivity index (χ3n) is 4.46. The van der Waals surface area contributed by atoms with Crippen LogP contribution in [0.25, 0.3) is 0 Å². The first-order valence-corrected chi connectivity index (χ1v) is 7.83. The van der Waals surface area contributed by atoms with Gasteiger partial charge >= 0.3 is 0 Å². The predicted octanol–water partition coefficient (Wildman–Crippen LogP) is 4.38. The van der Waals surface area contributed by atoms with E-state index in [2.05, 4.69) is 63.3 Å². The molecule has 0 radical (unpaired) electrons. The molecule has 0 saturated carbocycles. The van der Waals surface area contributed by atoms with Crippen LogP contribution in [0, 0.1) is 11.8 Å². The third kappa shape index (κ3) is 3.20. The van der Waals surface area contributed by atoms with Crippen LogP contribution >= 0.6 is 0 Å². The fraction of sp³-hybridized carbons (Fsp3) is 0.667. The highest BCUT2D eigenvalue weighted by Gasteiger charge is 2.44. The fourth-order valence-corrected chi connectivity index (χ4v) is 3.83. The second-order valence-corrected chi connectivity index (χ2v) is 7.01. The average molecular weight is 259 g/mol. The lowest BCUT2D eigenvalue weighted by molar-refractivity contribution is 0.271. The molecule has 106 valence electrons. The van der Waals surface area contributed by atoms with Crippen LogP contribution in [0.4, 0.5) is 0 Å². The lowest BCUT2D eigenvalue weighted by Crippen LogP contribution is -2.42. The van der Waals surface area contributed by atoms with Gasteiger partial charge in [0.05, 0.1) is 0 Å². The van der Waals surface area contributed by atoms with Gasteiger partial charge in [0.1, 0.15) is 0 Å². The Morgan fingerprint density at radius 1 is 1.11 bits per heavy atom. The maximum Gasteiger partial charge on any atom is 0.0167 e. The van der Waals surface area contributed by atoms with Gasteiger partial charge in [-0.05, 0) is 43.2 Å². The first kappa shape index (κ1) is 14.6. The first-order chi connectivity index (χ1) is 9.04. The molecule has 1 nitrogen and oxygen atoms in total. The largest absolute Gasteiger partial charge is 0.313 e. The van der Waals surface area contributed by atoms with Crippen LogP contribution < -0.4 is 5.32 Å². The summed E-state index contributed by atoms with van der Waals surface area (Å²) in [7, 11) is 0. The van der Waals surface area contributed by atoms with E-state index < -0.39 is 0 Å². The summed E-state index contributed by atoms with van der Waals surface area (Å²) in [6.07, 6.45) is 3.86. The van der Waals surface area contributed by atoms with E-state index in [1.807, 2.05) is 0 Å². The molecule has 0 aliphatic carbocycles. The van der Waals surface area contributed by atoms with Crippen LogP contribution in [0.5, 0.6) is 0 Å². The van der Waals surface area contributed by atoms with Crippen molar-refractivity contribution in [2.24, 2.45) is 11.8 Å². The minimum Gasteiger partial charge on any atom is -0.313 e. The Balaban J connectivity index is 2.33. The summed E-state index contributed by atoms with van der Waals surface area (Å²) >= 11 is 0. The molecule has 1 aliphatic rings. The van der Waals surface area contributed by atoms with Crippen molar-refractivity contribution >= 4 is 0 Å². The summed E-state index contributed by atoms with van der Waals surface area (Å²) < 4.78 is 0. The molecule has 1 aliphatic heterocycles. The molecule has 0 bridgehead atoms. The van der Waals surface area contributed by atoms with Crippen molar-refractivity contribution in [1.82, 2.24) is 5.32 Å². The van der Waals surface area contributed by atoms with Gasteiger partial charge < -0.3 is 5.32 Å². The number of rotatable bonds is 5. The molecule has 1 aromatic carbocycles. The molecule has 19 heavy (non-hydrogen) atoms. The minimum absolute atomic E-state index is 0.347. The van der Waals surface area contributed by atoms with Crippen LogP contribution in [0.3, 0.4) is 0 Å². The SMILES string of the molecule is CC(C)CC1NCCC1(CC(C)C)c1ccccc1. The summed E-state index contributed by atoms with van der Waals surface area (Å²) in [6, 6.07) is 11.8. The zero-order valence-electron chi connectivity index (χ0n) is 12.9. The van der Waals surface area contributed by atoms with Gasteiger partial charge in [-0.3, -0.25) is 0 Å². The van der Waals surface area contributed by atoms with E-state index in [4.69, 9.17) is 0 Å². The van der Waals surface area contributed by atoms with Crippen LogP contribution in [-0.2, 0) is 5.41 Å². The quantitative estimate of drug-likeness (QED) is 0.827. The Morgan fingerprint density at radius 2 is 1.79 bits per heavy atom. The molecule has 2 atom stereocenters. The fourth-order valence-electron chi connectivity index (χ4n) is 3.83. The summed E-state index contributed by atoms with van der Waals surface area (Å²) in [5.74, 6) is 1.50. The lowest BCUT2D eigenvalue weighted by atomic mass is 9.67. The monoisotopic (exact) mass is 259 g/mol. The number of nitrogens with one attached hydrogen (secondary N) is 1. The number of hydrogen-bond acceptors (Lipinski definition) is 1. The molecule has 1 heterocycles. The molecule has 1 aromatic rings. The van der Waals surface area contributed by atoms with Gasteiger partial charge in [-0.15, -0.1) is 0 Å². The standard InChI is InChI=1S/C18H29N/c1-14(2)12-17-18(10-11-19-17,13-15(3)4)16-8-6-5-7-9-16/h5-9,14-15,17,19H,10-13H2,1-4H3. The highest BCUT2D eigenvalue weighted by Crippen LogP contribution is 2.43. The van der Waals surface area contributed by atoms with Crippen molar-refractivity contribution in [1.29, 1.82) is 0 Å². The van der Waals surface area contributed by atoms with Gasteiger partial charge in [0, 0.05) is 11.5 Å². The van der Waals surface area contributed by atoms with Gasteiger partial charge in [0.15, 0.2) is 0 Å². The van der Waals surface area contributed by atoms with Crippen LogP contribution in [0.2, 0.25) is 0 Å². The van der Waals surface area contributed by atoms with E-state index in [1.165, 1.54) is 25.8 Å². The smallest absolute Gasteiger partial charge is 0.0167 e. The summed E-state index contributed by atoms with van der Waals surface area (Å²) in [6.45, 7) is 10.6. The van der Waals surface area contributed by atoms with E-state index in [0.29, 0.717) is 11.5 Å². The molecule has 2 rings (SSSR count). The molecular weight excluding hydrogens is 230 g/mol. The topological polar surface area (TPSA) is 12.0 Å². The number of benzene rings is 1.